The van der Waals surface area contributed by atoms with E-state index in [9.17, 15) is 4.79 Å². The molecule has 0 aliphatic heterocycles. The van der Waals surface area contributed by atoms with Gasteiger partial charge in [-0.25, -0.2) is 0 Å². The van der Waals surface area contributed by atoms with E-state index in [1.807, 2.05) is 32.0 Å². The van der Waals surface area contributed by atoms with Gasteiger partial charge in [0.1, 0.15) is 6.61 Å². The molecule has 0 unspecified atom stereocenters. The van der Waals surface area contributed by atoms with Crippen LogP contribution in [0.2, 0.25) is 0 Å². The number of carbonyl (C=O) groups is 1. The highest BCUT2D eigenvalue weighted by Gasteiger charge is 2.11. The number of rotatable bonds is 3. The zero-order valence-corrected chi connectivity index (χ0v) is 12.8. The van der Waals surface area contributed by atoms with Crippen molar-refractivity contribution in [2.45, 2.75) is 20.4 Å². The highest BCUT2D eigenvalue weighted by molar-refractivity contribution is 7.14. The molecule has 0 saturated carbocycles. The van der Waals surface area contributed by atoms with Crippen molar-refractivity contribution < 1.29 is 9.90 Å². The second kappa shape index (κ2) is 7.02. The number of nitrogens with one attached hydrogen (secondary N) is 1. The van der Waals surface area contributed by atoms with Crippen molar-refractivity contribution in [3.05, 3.63) is 51.0 Å². The van der Waals surface area contributed by atoms with E-state index < -0.39 is 0 Å². The lowest BCUT2D eigenvalue weighted by atomic mass is 10.2. The number of hydrogen-bond donors (Lipinski definition) is 2. The van der Waals surface area contributed by atoms with Crippen LogP contribution in [0.15, 0.2) is 24.4 Å². The molecule has 2 aromatic rings. The molecule has 0 radical (unpaired) electrons. The fraction of sp³-hybridized carbons (Fsp3) is 0.250. The Kier molecular flexibility index (Phi) is 5.09. The average Bonchev–Trinajstić information content (AvgIpc) is 2.85. The zero-order valence-electron chi connectivity index (χ0n) is 11.9. The van der Waals surface area contributed by atoms with Crippen LogP contribution < -0.4 is 5.32 Å². The maximum atomic E-state index is 12.1. The number of aliphatic hydroxyl groups is 1. The van der Waals surface area contributed by atoms with E-state index in [0.717, 1.165) is 21.7 Å². The number of pyridine rings is 1. The summed E-state index contributed by atoms with van der Waals surface area (Å²) in [5, 5.41) is 11.6. The van der Waals surface area contributed by atoms with Crippen LogP contribution in [0.4, 0.5) is 0 Å². The van der Waals surface area contributed by atoms with Gasteiger partial charge in [0.15, 0.2) is 0 Å². The van der Waals surface area contributed by atoms with Gasteiger partial charge in [-0.1, -0.05) is 17.9 Å². The van der Waals surface area contributed by atoms with Crippen molar-refractivity contribution in [3.63, 3.8) is 0 Å². The molecule has 2 aromatic heterocycles. The Balaban J connectivity index is 2.02. The van der Waals surface area contributed by atoms with E-state index in [1.165, 1.54) is 11.3 Å². The van der Waals surface area contributed by atoms with Crippen molar-refractivity contribution in [1.29, 1.82) is 0 Å². The molecular weight excluding hydrogens is 284 g/mol. The van der Waals surface area contributed by atoms with Gasteiger partial charge in [0, 0.05) is 18.4 Å². The van der Waals surface area contributed by atoms with E-state index in [0.29, 0.717) is 11.4 Å². The lowest BCUT2D eigenvalue weighted by Crippen LogP contribution is -2.21. The number of aromatic nitrogens is 1. The monoisotopic (exact) mass is 300 g/mol. The minimum Gasteiger partial charge on any atom is -0.384 e. The van der Waals surface area contributed by atoms with E-state index in [2.05, 4.69) is 22.1 Å². The molecule has 4 nitrogen and oxygen atoms in total. The first-order valence-electron chi connectivity index (χ1n) is 6.50. The smallest absolute Gasteiger partial charge is 0.261 e. The Labute approximate surface area is 127 Å². The topological polar surface area (TPSA) is 62.2 Å². The van der Waals surface area contributed by atoms with Crippen LogP contribution in [0.5, 0.6) is 0 Å². The minimum atomic E-state index is -0.181. The molecule has 108 valence electrons. The van der Waals surface area contributed by atoms with E-state index in [-0.39, 0.29) is 12.5 Å². The number of aryl methyl sites for hydroxylation is 2. The van der Waals surface area contributed by atoms with Gasteiger partial charge in [-0.15, -0.1) is 11.3 Å². The van der Waals surface area contributed by atoms with Crippen molar-refractivity contribution >= 4 is 17.2 Å². The van der Waals surface area contributed by atoms with Gasteiger partial charge in [-0.2, -0.15) is 0 Å². The van der Waals surface area contributed by atoms with Crippen LogP contribution in [0.1, 0.15) is 31.4 Å². The van der Waals surface area contributed by atoms with Crippen LogP contribution in [0.3, 0.4) is 0 Å². The Hall–Kier alpha value is -2.16. The van der Waals surface area contributed by atoms with Crippen molar-refractivity contribution in [3.8, 4) is 11.8 Å². The number of nitrogens with zero attached hydrogens (tertiary/aromatic N) is 1. The largest absolute Gasteiger partial charge is 0.384 e. The maximum absolute atomic E-state index is 12.1. The lowest BCUT2D eigenvalue weighted by molar-refractivity contribution is 0.0955. The third kappa shape index (κ3) is 4.15. The van der Waals surface area contributed by atoms with Crippen molar-refractivity contribution in [1.82, 2.24) is 10.3 Å². The number of carbonyl (C=O) groups excluding carboxylic acids is 1. The lowest BCUT2D eigenvalue weighted by Gasteiger charge is -2.03. The molecule has 0 spiro atoms. The summed E-state index contributed by atoms with van der Waals surface area (Å²) in [5.74, 6) is 5.32. The molecule has 0 bridgehead atoms. The summed E-state index contributed by atoms with van der Waals surface area (Å²) >= 11 is 1.33. The molecule has 0 atom stereocenters. The molecule has 0 aromatic carbocycles. The summed E-state index contributed by atoms with van der Waals surface area (Å²) in [7, 11) is 0. The Morgan fingerprint density at radius 1 is 1.43 bits per heavy atom. The first-order chi connectivity index (χ1) is 10.1. The molecule has 2 N–H and O–H groups in total. The van der Waals surface area contributed by atoms with Crippen LogP contribution >= 0.6 is 11.3 Å². The standard InChI is InChI=1S/C16H16N2O2S/c1-11-8-15(21-14(11)4-3-7-19)16(20)18-10-13-6-5-12(2)17-9-13/h5-6,8-9,19H,7,10H2,1-2H3,(H,18,20). The summed E-state index contributed by atoms with van der Waals surface area (Å²) in [5.41, 5.74) is 2.86. The summed E-state index contributed by atoms with van der Waals surface area (Å²) < 4.78 is 0. The summed E-state index contributed by atoms with van der Waals surface area (Å²) in [6, 6.07) is 5.68. The molecule has 5 heteroatoms. The predicted molar refractivity (Wildman–Crippen MR) is 83.2 cm³/mol. The Bertz CT molecular complexity index is 693. The summed E-state index contributed by atoms with van der Waals surface area (Å²) in [4.78, 5) is 17.7. The first kappa shape index (κ1) is 15.2. The summed E-state index contributed by atoms with van der Waals surface area (Å²) in [6.45, 7) is 4.09. The van der Waals surface area contributed by atoms with Gasteiger partial charge >= 0.3 is 0 Å². The fourth-order valence-corrected chi connectivity index (χ4v) is 2.67. The molecule has 0 aliphatic rings. The van der Waals surface area contributed by atoms with Gasteiger partial charge < -0.3 is 10.4 Å². The average molecular weight is 300 g/mol. The summed E-state index contributed by atoms with van der Waals surface area (Å²) in [6.07, 6.45) is 1.76. The third-order valence-corrected chi connectivity index (χ3v) is 4.00. The molecule has 0 fully saturated rings. The highest BCUT2D eigenvalue weighted by atomic mass is 32.1. The normalized spacial score (nSPS) is 9.86. The fourth-order valence-electron chi connectivity index (χ4n) is 1.71. The number of amides is 1. The Morgan fingerprint density at radius 2 is 2.24 bits per heavy atom. The third-order valence-electron chi connectivity index (χ3n) is 2.85. The van der Waals surface area contributed by atoms with Crippen LogP contribution in [0, 0.1) is 25.7 Å². The molecular formula is C16H16N2O2S. The molecule has 0 saturated heterocycles. The minimum absolute atomic E-state index is 0.124. The quantitative estimate of drug-likeness (QED) is 0.853. The van der Waals surface area contributed by atoms with E-state index in [1.54, 1.807) is 6.20 Å². The van der Waals surface area contributed by atoms with Crippen LogP contribution in [-0.2, 0) is 6.54 Å². The highest BCUT2D eigenvalue weighted by Crippen LogP contribution is 2.20. The van der Waals surface area contributed by atoms with Crippen LogP contribution in [0.25, 0.3) is 0 Å². The second-order valence-corrected chi connectivity index (χ2v) is 5.63. The van der Waals surface area contributed by atoms with Crippen molar-refractivity contribution in [2.75, 3.05) is 6.61 Å². The van der Waals surface area contributed by atoms with Gasteiger partial charge in [-0.05, 0) is 37.1 Å². The van der Waals surface area contributed by atoms with Crippen LogP contribution in [-0.4, -0.2) is 22.6 Å². The molecule has 21 heavy (non-hydrogen) atoms. The molecule has 2 heterocycles. The number of hydrogen-bond acceptors (Lipinski definition) is 4. The van der Waals surface area contributed by atoms with E-state index >= 15 is 0 Å². The zero-order chi connectivity index (χ0) is 15.2. The van der Waals surface area contributed by atoms with Crippen molar-refractivity contribution in [2.24, 2.45) is 0 Å². The number of thiophene rings is 1. The van der Waals surface area contributed by atoms with E-state index in [4.69, 9.17) is 5.11 Å². The Morgan fingerprint density at radius 3 is 2.90 bits per heavy atom. The SMILES string of the molecule is Cc1ccc(CNC(=O)c2cc(C)c(C#CCO)s2)cn1. The van der Waals surface area contributed by atoms with Gasteiger partial charge in [0.05, 0.1) is 9.75 Å². The molecule has 0 aliphatic carbocycles. The number of aliphatic hydroxyl groups excluding tert-OH is 1. The van der Waals surface area contributed by atoms with Gasteiger partial charge in [0.2, 0.25) is 0 Å². The molecule has 2 rings (SSSR count). The molecule has 1 amide bonds. The first-order valence-corrected chi connectivity index (χ1v) is 7.31. The predicted octanol–water partition coefficient (Wildman–Crippen LogP) is 2.03. The van der Waals surface area contributed by atoms with Gasteiger partial charge in [0.25, 0.3) is 5.91 Å². The second-order valence-electron chi connectivity index (χ2n) is 4.57. The van der Waals surface area contributed by atoms with Gasteiger partial charge in [-0.3, -0.25) is 9.78 Å². The maximum Gasteiger partial charge on any atom is 0.261 e.